The quantitative estimate of drug-likeness (QED) is 0.459. The van der Waals surface area contributed by atoms with Crippen molar-refractivity contribution in [3.63, 3.8) is 0 Å². The predicted molar refractivity (Wildman–Crippen MR) is 131 cm³/mol. The smallest absolute Gasteiger partial charge is 0.122 e. The molecule has 4 heteroatoms. The maximum Gasteiger partial charge on any atom is 0.122 e. The maximum absolute atomic E-state index is 6.79. The van der Waals surface area contributed by atoms with Crippen LogP contribution in [0.1, 0.15) is 35.4 Å². The first-order valence-corrected chi connectivity index (χ1v) is 11.9. The summed E-state index contributed by atoms with van der Waals surface area (Å²) in [4.78, 5) is 2.67. The molecule has 0 amide bonds. The van der Waals surface area contributed by atoms with Crippen LogP contribution in [0.15, 0.2) is 78.9 Å². The lowest BCUT2D eigenvalue weighted by Gasteiger charge is -2.53. The van der Waals surface area contributed by atoms with Crippen LogP contribution in [-0.2, 0) is 11.3 Å². The van der Waals surface area contributed by atoms with Crippen molar-refractivity contribution in [3.05, 3.63) is 95.6 Å². The molecule has 6 rings (SSSR count). The van der Waals surface area contributed by atoms with Crippen LogP contribution in [0.4, 0.5) is 0 Å². The Morgan fingerprint density at radius 3 is 1.85 bits per heavy atom. The van der Waals surface area contributed by atoms with E-state index in [1.54, 1.807) is 14.2 Å². The fourth-order valence-corrected chi connectivity index (χ4v) is 5.72. The molecule has 3 aromatic rings. The highest BCUT2D eigenvalue weighted by Gasteiger charge is 2.47. The molecule has 0 aromatic heterocycles. The number of nitrogens with zero attached hydrogens (tertiary/aromatic N) is 1. The lowest BCUT2D eigenvalue weighted by Crippen LogP contribution is -2.60. The third-order valence-corrected chi connectivity index (χ3v) is 7.31. The van der Waals surface area contributed by atoms with E-state index in [0.29, 0.717) is 18.6 Å². The molecule has 3 aliphatic rings. The zero-order valence-electron chi connectivity index (χ0n) is 19.5. The number of rotatable bonds is 8. The van der Waals surface area contributed by atoms with E-state index in [4.69, 9.17) is 14.2 Å². The Labute approximate surface area is 197 Å². The van der Waals surface area contributed by atoms with E-state index in [-0.39, 0.29) is 12.0 Å². The van der Waals surface area contributed by atoms with Crippen LogP contribution in [-0.4, -0.2) is 44.4 Å². The Balaban J connectivity index is 1.47. The predicted octanol–water partition coefficient (Wildman–Crippen LogP) is 5.52. The summed E-state index contributed by atoms with van der Waals surface area (Å²) in [6, 6.07) is 28.2. The molecule has 2 atom stereocenters. The molecule has 33 heavy (non-hydrogen) atoms. The second-order valence-electron chi connectivity index (χ2n) is 9.16. The fourth-order valence-electron chi connectivity index (χ4n) is 5.72. The van der Waals surface area contributed by atoms with Gasteiger partial charge in [-0.1, -0.05) is 60.7 Å². The van der Waals surface area contributed by atoms with Crippen molar-refractivity contribution in [3.8, 4) is 11.5 Å². The van der Waals surface area contributed by atoms with Gasteiger partial charge >= 0.3 is 0 Å². The molecule has 0 N–H and O–H groups in total. The Kier molecular flexibility index (Phi) is 6.65. The number of benzene rings is 3. The minimum atomic E-state index is 0.176. The molecular formula is C29H33NO3. The second kappa shape index (κ2) is 9.98. The zero-order chi connectivity index (χ0) is 22.6. The van der Waals surface area contributed by atoms with Gasteiger partial charge in [0.25, 0.3) is 0 Å². The number of hydrogen-bond donors (Lipinski definition) is 0. The van der Waals surface area contributed by atoms with Crippen molar-refractivity contribution < 1.29 is 14.2 Å². The number of ether oxygens (including phenoxy) is 3. The van der Waals surface area contributed by atoms with Crippen molar-refractivity contribution >= 4 is 0 Å². The summed E-state index contributed by atoms with van der Waals surface area (Å²) in [6.45, 7) is 2.85. The van der Waals surface area contributed by atoms with Gasteiger partial charge in [-0.25, -0.2) is 0 Å². The average molecular weight is 444 g/mol. The van der Waals surface area contributed by atoms with Gasteiger partial charge in [-0.3, -0.25) is 4.90 Å². The Hall–Kier alpha value is -2.82. The Morgan fingerprint density at radius 2 is 1.33 bits per heavy atom. The first-order valence-electron chi connectivity index (χ1n) is 11.9. The monoisotopic (exact) mass is 443 g/mol. The highest BCUT2D eigenvalue weighted by atomic mass is 16.5. The van der Waals surface area contributed by atoms with Gasteiger partial charge in [0.2, 0.25) is 0 Å². The number of hydrogen-bond acceptors (Lipinski definition) is 4. The van der Waals surface area contributed by atoms with E-state index in [1.165, 1.54) is 24.0 Å². The number of methoxy groups -OCH3 is 2. The van der Waals surface area contributed by atoms with Crippen LogP contribution in [0.2, 0.25) is 0 Å². The van der Waals surface area contributed by atoms with E-state index in [0.717, 1.165) is 30.2 Å². The average Bonchev–Trinajstić information content (AvgIpc) is 2.89. The molecule has 0 saturated carbocycles. The second-order valence-corrected chi connectivity index (χ2v) is 9.16. The van der Waals surface area contributed by atoms with Crippen LogP contribution in [0.25, 0.3) is 0 Å². The van der Waals surface area contributed by atoms with E-state index in [1.807, 2.05) is 18.2 Å². The van der Waals surface area contributed by atoms with E-state index in [2.05, 4.69) is 65.6 Å². The Bertz CT molecular complexity index is 969. The lowest BCUT2D eigenvalue weighted by molar-refractivity contribution is -0.120. The summed E-state index contributed by atoms with van der Waals surface area (Å²) in [5.74, 6) is 2.46. The molecule has 4 nitrogen and oxygen atoms in total. The summed E-state index contributed by atoms with van der Waals surface area (Å²) >= 11 is 0. The third kappa shape index (κ3) is 4.64. The first-order chi connectivity index (χ1) is 16.3. The summed E-state index contributed by atoms with van der Waals surface area (Å²) < 4.78 is 17.7. The number of fused-ring (bicyclic) bond motifs is 3. The standard InChI is InChI=1S/C29H33NO3/c1-31-25-17-21(18-26(19-25)32-2)20-33-29-24-13-15-30(16-14-24)28(29)27(22-9-5-3-6-10-22)23-11-7-4-8-12-23/h3-12,17-19,24,27-29H,13-16,20H2,1-2H3/t28-,29+/m1/s1. The molecule has 3 heterocycles. The van der Waals surface area contributed by atoms with Gasteiger partial charge in [0, 0.05) is 18.0 Å². The van der Waals surface area contributed by atoms with Gasteiger partial charge in [0.1, 0.15) is 11.5 Å². The summed E-state index contributed by atoms with van der Waals surface area (Å²) in [7, 11) is 3.38. The van der Waals surface area contributed by atoms with Gasteiger partial charge in [0.05, 0.1) is 26.9 Å². The molecule has 172 valence electrons. The topological polar surface area (TPSA) is 30.9 Å². The van der Waals surface area contributed by atoms with Crippen molar-refractivity contribution in [1.29, 1.82) is 0 Å². The van der Waals surface area contributed by atoms with Crippen molar-refractivity contribution in [2.75, 3.05) is 27.3 Å². The molecule has 0 radical (unpaired) electrons. The largest absolute Gasteiger partial charge is 0.497 e. The fraction of sp³-hybridized carbons (Fsp3) is 0.379. The molecular weight excluding hydrogens is 410 g/mol. The summed E-state index contributed by atoms with van der Waals surface area (Å²) in [5.41, 5.74) is 3.80. The molecule has 3 saturated heterocycles. The SMILES string of the molecule is COc1cc(CO[C@H]2C3CCN(CC3)[C@@H]2C(c2ccccc2)c2ccccc2)cc(OC)c1. The molecule has 0 aliphatic carbocycles. The van der Waals surface area contributed by atoms with Crippen LogP contribution in [0.3, 0.4) is 0 Å². The highest BCUT2D eigenvalue weighted by Crippen LogP contribution is 2.43. The van der Waals surface area contributed by atoms with Crippen LogP contribution >= 0.6 is 0 Å². The van der Waals surface area contributed by atoms with E-state index >= 15 is 0 Å². The molecule has 0 spiro atoms. The van der Waals surface area contributed by atoms with E-state index < -0.39 is 0 Å². The van der Waals surface area contributed by atoms with Gasteiger partial charge < -0.3 is 14.2 Å². The first kappa shape index (κ1) is 22.0. The van der Waals surface area contributed by atoms with Gasteiger partial charge in [-0.05, 0) is 60.7 Å². The van der Waals surface area contributed by atoms with Crippen molar-refractivity contribution in [1.82, 2.24) is 4.90 Å². The normalized spacial score (nSPS) is 24.1. The molecule has 3 fully saturated rings. The van der Waals surface area contributed by atoms with Crippen LogP contribution < -0.4 is 9.47 Å². The van der Waals surface area contributed by atoms with Gasteiger partial charge in [-0.15, -0.1) is 0 Å². The Morgan fingerprint density at radius 1 is 0.788 bits per heavy atom. The van der Waals surface area contributed by atoms with Crippen molar-refractivity contribution in [2.45, 2.75) is 37.5 Å². The van der Waals surface area contributed by atoms with Gasteiger partial charge in [-0.2, -0.15) is 0 Å². The third-order valence-electron chi connectivity index (χ3n) is 7.31. The van der Waals surface area contributed by atoms with E-state index in [9.17, 15) is 0 Å². The highest BCUT2D eigenvalue weighted by molar-refractivity contribution is 5.38. The minimum absolute atomic E-state index is 0.176. The molecule has 2 bridgehead atoms. The lowest BCUT2D eigenvalue weighted by atomic mass is 9.72. The maximum atomic E-state index is 6.79. The molecule has 3 aromatic carbocycles. The van der Waals surface area contributed by atoms with Crippen molar-refractivity contribution in [2.24, 2.45) is 5.92 Å². The van der Waals surface area contributed by atoms with Crippen LogP contribution in [0.5, 0.6) is 11.5 Å². The van der Waals surface area contributed by atoms with Crippen LogP contribution in [0, 0.1) is 5.92 Å². The molecule has 0 unspecified atom stereocenters. The molecule has 3 aliphatic heterocycles. The van der Waals surface area contributed by atoms with Gasteiger partial charge in [0.15, 0.2) is 0 Å². The summed E-state index contributed by atoms with van der Waals surface area (Å²) in [5, 5.41) is 0. The minimum Gasteiger partial charge on any atom is -0.497 e. The summed E-state index contributed by atoms with van der Waals surface area (Å²) in [6.07, 6.45) is 2.59. The number of piperidine rings is 3. The zero-order valence-corrected chi connectivity index (χ0v) is 19.5.